The molecule has 3 saturated carbocycles. The van der Waals surface area contributed by atoms with E-state index < -0.39 is 103 Å². The Kier molecular flexibility index (Phi) is 13.3. The first-order valence-corrected chi connectivity index (χ1v) is 21.4. The Morgan fingerprint density at radius 3 is 2.20 bits per heavy atom. The summed E-state index contributed by atoms with van der Waals surface area (Å²) in [7, 11) is 4.32. The van der Waals surface area contributed by atoms with E-state index in [0.717, 1.165) is 31.2 Å². The van der Waals surface area contributed by atoms with Gasteiger partial charge in [-0.3, -0.25) is 14.4 Å². The van der Waals surface area contributed by atoms with Crippen LogP contribution in [0.2, 0.25) is 0 Å². The number of benzene rings is 1. The highest BCUT2D eigenvalue weighted by Gasteiger charge is 2.71. The third-order valence-electron chi connectivity index (χ3n) is 15.2. The number of aliphatic hydroxyl groups excluding tert-OH is 4. The van der Waals surface area contributed by atoms with Gasteiger partial charge in [0.15, 0.2) is 24.8 Å². The number of aliphatic hydroxyl groups is 5. The van der Waals surface area contributed by atoms with E-state index in [1.807, 2.05) is 6.92 Å². The Morgan fingerprint density at radius 2 is 1.54 bits per heavy atom. The largest absolute Gasteiger partial charge is 0.497 e. The number of methoxy groups -OCH3 is 1. The summed E-state index contributed by atoms with van der Waals surface area (Å²) < 4.78 is 41.4. The van der Waals surface area contributed by atoms with Crippen LogP contribution in [0.1, 0.15) is 83.0 Å². The zero-order valence-corrected chi connectivity index (χ0v) is 36.0. The zero-order chi connectivity index (χ0) is 44.2. The monoisotopic (exact) mass is 861 g/mol. The molecule has 5 fully saturated rings. The minimum atomic E-state index is -1.80. The first-order valence-electron chi connectivity index (χ1n) is 21.4. The molecule has 2 saturated heterocycles. The van der Waals surface area contributed by atoms with E-state index in [2.05, 4.69) is 13.0 Å². The van der Waals surface area contributed by atoms with Gasteiger partial charge in [-0.25, -0.2) is 9.86 Å². The summed E-state index contributed by atoms with van der Waals surface area (Å²) >= 11 is 0. The topological polar surface area (TPSA) is 229 Å². The molecule has 7 rings (SSSR count). The van der Waals surface area contributed by atoms with E-state index in [-0.39, 0.29) is 34.8 Å². The van der Waals surface area contributed by atoms with Gasteiger partial charge in [0.05, 0.1) is 51.1 Å². The van der Waals surface area contributed by atoms with Gasteiger partial charge in [-0.1, -0.05) is 32.4 Å². The predicted octanol–water partition coefficient (Wildman–Crippen LogP) is 2.04. The fourth-order valence-electron chi connectivity index (χ4n) is 11.8. The number of nitrogens with zero attached hydrogens (tertiary/aromatic N) is 1. The maximum Gasteiger partial charge on any atom is 0.338 e. The van der Waals surface area contributed by atoms with E-state index in [1.54, 1.807) is 19.1 Å². The molecule has 0 unspecified atom stereocenters. The van der Waals surface area contributed by atoms with Crippen LogP contribution in [-0.4, -0.2) is 150 Å². The second-order valence-electron chi connectivity index (χ2n) is 18.3. The molecule has 17 atom stereocenters. The molecule has 0 aromatic heterocycles. The number of rotatable bonds is 11. The lowest BCUT2D eigenvalue weighted by Crippen LogP contribution is -2.64. The minimum Gasteiger partial charge on any atom is -0.497 e. The second kappa shape index (κ2) is 17.7. The molecule has 17 nitrogen and oxygen atoms in total. The number of ether oxygens (including phenoxy) is 7. The molecule has 4 aliphatic carbocycles. The Hall–Kier alpha value is -3.23. The van der Waals surface area contributed by atoms with Gasteiger partial charge in [0.1, 0.15) is 35.8 Å². The van der Waals surface area contributed by atoms with Gasteiger partial charge in [0.2, 0.25) is 0 Å². The number of esters is 2. The number of carbonyl (C=O) groups excluding carboxylic acids is 3. The molecule has 1 aromatic rings. The number of hydroxylamine groups is 2. The summed E-state index contributed by atoms with van der Waals surface area (Å²) in [5, 5.41) is 57.9. The maximum atomic E-state index is 14.0. The van der Waals surface area contributed by atoms with Gasteiger partial charge in [0.25, 0.3) is 5.91 Å². The predicted molar refractivity (Wildman–Crippen MR) is 212 cm³/mol. The molecule has 17 heteroatoms. The number of fused-ring (bicyclic) bond motifs is 5. The van der Waals surface area contributed by atoms with Crippen molar-refractivity contribution in [1.29, 1.82) is 0 Å². The molecule has 5 N–H and O–H groups in total. The highest BCUT2D eigenvalue weighted by molar-refractivity contribution is 5.89. The van der Waals surface area contributed by atoms with Gasteiger partial charge >= 0.3 is 11.9 Å². The van der Waals surface area contributed by atoms with Gasteiger partial charge < -0.3 is 58.7 Å². The molecule has 340 valence electrons. The SMILES string of the molecule is COc1ccc(C(=O)O[C@H]2[C@H](O[C@@H]3[C@@H](OC(C)=O)[C@H](O[C@H]4C[C@H]5[C@@H]6CC=C7C[C@@H](O)CC[C@]7(C)[C@H]6CC[C@]5(C)[C@@]4(O)[C@H](C)C(=O)N(C)OC)OC[C@@H]3O)OC[C@@H](O)[C@@H]2O)cc1. The fraction of sp³-hybridized carbons (Fsp3) is 0.750. The average Bonchev–Trinajstić information content (AvgIpc) is 3.47. The van der Waals surface area contributed by atoms with Crippen molar-refractivity contribution < 1.29 is 77.9 Å². The van der Waals surface area contributed by atoms with Crippen molar-refractivity contribution in [3.63, 3.8) is 0 Å². The zero-order valence-electron chi connectivity index (χ0n) is 36.0. The van der Waals surface area contributed by atoms with Crippen molar-refractivity contribution in [2.75, 3.05) is 34.5 Å². The van der Waals surface area contributed by atoms with Gasteiger partial charge in [0, 0.05) is 19.4 Å². The third-order valence-corrected chi connectivity index (χ3v) is 15.2. The lowest BCUT2D eigenvalue weighted by molar-refractivity contribution is -0.345. The molecule has 1 amide bonds. The van der Waals surface area contributed by atoms with Crippen LogP contribution < -0.4 is 4.74 Å². The quantitative estimate of drug-likeness (QED) is 0.122. The Morgan fingerprint density at radius 1 is 0.869 bits per heavy atom. The Balaban J connectivity index is 1.19. The molecule has 2 aliphatic heterocycles. The van der Waals surface area contributed by atoms with Crippen LogP contribution in [0, 0.1) is 34.5 Å². The highest BCUT2D eigenvalue weighted by Crippen LogP contribution is 2.69. The first kappa shape index (κ1) is 45.8. The van der Waals surface area contributed by atoms with Crippen molar-refractivity contribution in [3.8, 4) is 5.75 Å². The Labute approximate surface area is 356 Å². The standard InChI is InChI=1S/C44H63NO16/c1-22(38(51)45(5)55-7)44(53)33(19-30-28-13-10-25-18-26(47)14-16-42(25,3)29(28)15-17-43(30,44)4)59-41-37(58-23(2)46)35(32(49)21-57-41)61-40-36(34(50)31(48)20-56-40)60-39(52)24-8-11-27(54-6)12-9-24/h8-12,22,26,28-37,40-41,47-50,53H,13-21H2,1-7H3/t22-,26+,28-,29+,30+,31-,32+,33+,34+,35+,36-,37-,40+,41+,42+,43+,44-/m1/s1. The molecule has 0 bridgehead atoms. The summed E-state index contributed by atoms with van der Waals surface area (Å²) in [5.41, 5.74) is -1.36. The van der Waals surface area contributed by atoms with Gasteiger partial charge in [-0.2, -0.15) is 0 Å². The number of hydrogen-bond donors (Lipinski definition) is 5. The molecule has 6 aliphatic rings. The van der Waals surface area contributed by atoms with E-state index in [1.165, 1.54) is 39.0 Å². The minimum absolute atomic E-state index is 0.106. The summed E-state index contributed by atoms with van der Waals surface area (Å²) in [6.45, 7) is 6.32. The molecule has 2 heterocycles. The summed E-state index contributed by atoms with van der Waals surface area (Å²) in [5.74, 6) is -2.38. The highest BCUT2D eigenvalue weighted by atomic mass is 16.8. The maximum absolute atomic E-state index is 14.0. The number of carbonyl (C=O) groups is 3. The van der Waals surface area contributed by atoms with Crippen molar-refractivity contribution in [1.82, 2.24) is 5.06 Å². The molecular formula is C44H63NO16. The molecule has 61 heavy (non-hydrogen) atoms. The van der Waals surface area contributed by atoms with Crippen LogP contribution in [0.4, 0.5) is 0 Å². The fourth-order valence-corrected chi connectivity index (χ4v) is 11.8. The average molecular weight is 862 g/mol. The normalized spacial score (nSPS) is 42.5. The Bertz CT molecular complexity index is 1790. The number of amides is 1. The van der Waals surface area contributed by atoms with E-state index in [9.17, 15) is 39.9 Å². The molecule has 0 radical (unpaired) electrons. The molecular weight excluding hydrogens is 798 g/mol. The summed E-state index contributed by atoms with van der Waals surface area (Å²) in [6, 6.07) is 6.01. The third kappa shape index (κ3) is 8.13. The number of allylic oxidation sites excluding steroid dienone is 1. The second-order valence-corrected chi connectivity index (χ2v) is 18.3. The lowest BCUT2D eigenvalue weighted by atomic mass is 9.46. The smallest absolute Gasteiger partial charge is 0.338 e. The lowest BCUT2D eigenvalue weighted by Gasteiger charge is -2.59. The van der Waals surface area contributed by atoms with Crippen LogP contribution in [0.5, 0.6) is 5.75 Å². The van der Waals surface area contributed by atoms with Crippen LogP contribution >= 0.6 is 0 Å². The molecule has 0 spiro atoms. The molecule has 1 aromatic carbocycles. The summed E-state index contributed by atoms with van der Waals surface area (Å²) in [4.78, 5) is 45.3. The van der Waals surface area contributed by atoms with E-state index in [0.29, 0.717) is 31.4 Å². The van der Waals surface area contributed by atoms with Crippen molar-refractivity contribution in [2.24, 2.45) is 34.5 Å². The van der Waals surface area contributed by atoms with Gasteiger partial charge in [-0.05, 0) is 92.4 Å². The van der Waals surface area contributed by atoms with Gasteiger partial charge in [-0.15, -0.1) is 0 Å². The van der Waals surface area contributed by atoms with Crippen LogP contribution in [-0.2, 0) is 42.8 Å². The van der Waals surface area contributed by atoms with Crippen molar-refractivity contribution in [2.45, 2.75) is 140 Å². The van der Waals surface area contributed by atoms with E-state index in [4.69, 9.17) is 38.0 Å². The van der Waals surface area contributed by atoms with Crippen LogP contribution in [0.25, 0.3) is 0 Å². The summed E-state index contributed by atoms with van der Waals surface area (Å²) in [6.07, 6.45) is -6.68. The van der Waals surface area contributed by atoms with Crippen molar-refractivity contribution in [3.05, 3.63) is 41.5 Å². The van der Waals surface area contributed by atoms with Crippen molar-refractivity contribution >= 4 is 17.8 Å². The van der Waals surface area contributed by atoms with Crippen LogP contribution in [0.3, 0.4) is 0 Å². The van der Waals surface area contributed by atoms with E-state index >= 15 is 0 Å². The first-order chi connectivity index (χ1) is 28.9. The van der Waals surface area contributed by atoms with Crippen LogP contribution in [0.15, 0.2) is 35.9 Å². The number of hydrogen-bond acceptors (Lipinski definition) is 16.